The highest BCUT2D eigenvalue weighted by Gasteiger charge is 2.30. The molecular weight excluding hydrogens is 1110 g/mol. The third-order valence-electron chi connectivity index (χ3n) is 15.0. The van der Waals surface area contributed by atoms with Crippen LogP contribution in [-0.2, 0) is 65.4 Å². The average Bonchev–Trinajstić information content (AvgIpc) is 3.58. The molecule has 17 nitrogen and oxygen atoms in total. The summed E-state index contributed by atoms with van der Waals surface area (Å²) >= 11 is 0. The maximum Gasteiger partial charge on any atom is 0.472 e. The van der Waals surface area contributed by atoms with E-state index in [-0.39, 0.29) is 25.7 Å². The molecule has 2 unspecified atom stereocenters. The second-order valence-electron chi connectivity index (χ2n) is 24.5. The molecular formula is C65H126O17P2. The Morgan fingerprint density at radius 2 is 0.548 bits per heavy atom. The van der Waals surface area contributed by atoms with E-state index in [4.69, 9.17) is 37.0 Å². The lowest BCUT2D eigenvalue weighted by molar-refractivity contribution is -0.161. The van der Waals surface area contributed by atoms with Gasteiger partial charge in [-0.25, -0.2) is 9.13 Å². The summed E-state index contributed by atoms with van der Waals surface area (Å²) in [7, 11) is -9.88. The first kappa shape index (κ1) is 82.1. The Morgan fingerprint density at radius 3 is 0.810 bits per heavy atom. The molecule has 0 aromatic heterocycles. The van der Waals surface area contributed by atoms with Gasteiger partial charge in [0.2, 0.25) is 0 Å². The van der Waals surface area contributed by atoms with E-state index in [2.05, 4.69) is 41.5 Å². The molecule has 0 radical (unpaired) electrons. The lowest BCUT2D eigenvalue weighted by atomic mass is 10.0. The maximum absolute atomic E-state index is 13.0. The van der Waals surface area contributed by atoms with Crippen LogP contribution in [-0.4, -0.2) is 96.7 Å². The molecule has 0 fully saturated rings. The lowest BCUT2D eigenvalue weighted by Crippen LogP contribution is -2.30. The number of phosphoric acid groups is 2. The van der Waals surface area contributed by atoms with E-state index in [1.807, 2.05) is 0 Å². The summed E-state index contributed by atoms with van der Waals surface area (Å²) in [4.78, 5) is 72.1. The van der Waals surface area contributed by atoms with Gasteiger partial charge in [0.25, 0.3) is 0 Å². The molecule has 0 saturated carbocycles. The summed E-state index contributed by atoms with van der Waals surface area (Å²) < 4.78 is 67.9. The SMILES string of the molecule is CCCCCCCCCCC(=O)OC[C@H](COP(=O)(O)OC[C@H](O)COP(=O)(O)OC[C@@H](COC(=O)CCCCCCCCCC(C)C)OC(=O)CCCCCCCCCCCCCCCCCC(C)C)OC(=O)CCCCCCCCCC. The van der Waals surface area contributed by atoms with E-state index < -0.39 is 97.5 Å². The molecule has 0 aromatic carbocycles. The van der Waals surface area contributed by atoms with Gasteiger partial charge >= 0.3 is 39.5 Å². The van der Waals surface area contributed by atoms with Crippen LogP contribution in [0.25, 0.3) is 0 Å². The molecule has 0 aliphatic carbocycles. The molecule has 0 aromatic rings. The van der Waals surface area contributed by atoms with Gasteiger partial charge in [-0.2, -0.15) is 0 Å². The number of unbranched alkanes of at least 4 members (excludes halogenated alkanes) is 34. The van der Waals surface area contributed by atoms with Gasteiger partial charge in [-0.1, -0.05) is 273 Å². The molecule has 0 amide bonds. The third-order valence-corrected chi connectivity index (χ3v) is 16.9. The van der Waals surface area contributed by atoms with Gasteiger partial charge in [0.15, 0.2) is 12.2 Å². The smallest absolute Gasteiger partial charge is 0.462 e. The fourth-order valence-electron chi connectivity index (χ4n) is 9.71. The van der Waals surface area contributed by atoms with Crippen molar-refractivity contribution >= 4 is 39.5 Å². The Kier molecular flexibility index (Phi) is 56.2. The van der Waals surface area contributed by atoms with Crippen LogP contribution in [0.5, 0.6) is 0 Å². The van der Waals surface area contributed by atoms with E-state index in [9.17, 15) is 43.2 Å². The minimum absolute atomic E-state index is 0.104. The van der Waals surface area contributed by atoms with Gasteiger partial charge in [-0.3, -0.25) is 37.3 Å². The Morgan fingerprint density at radius 1 is 0.321 bits per heavy atom. The molecule has 0 aliphatic rings. The molecule has 19 heteroatoms. The first-order valence-electron chi connectivity index (χ1n) is 34.0. The molecule has 84 heavy (non-hydrogen) atoms. The Labute approximate surface area is 511 Å². The number of aliphatic hydroxyl groups excluding tert-OH is 1. The highest BCUT2D eigenvalue weighted by molar-refractivity contribution is 7.47. The van der Waals surface area contributed by atoms with Crippen LogP contribution in [0.15, 0.2) is 0 Å². The number of rotatable bonds is 64. The molecule has 0 saturated heterocycles. The minimum atomic E-state index is -4.94. The van der Waals surface area contributed by atoms with Gasteiger partial charge in [0.05, 0.1) is 26.4 Å². The van der Waals surface area contributed by atoms with Crippen molar-refractivity contribution in [3.63, 3.8) is 0 Å². The van der Waals surface area contributed by atoms with Crippen molar-refractivity contribution in [1.29, 1.82) is 0 Å². The normalized spacial score (nSPS) is 14.3. The number of carbonyl (C=O) groups excluding carboxylic acids is 4. The van der Waals surface area contributed by atoms with Crippen LogP contribution in [0, 0.1) is 11.8 Å². The van der Waals surface area contributed by atoms with E-state index in [1.54, 1.807) is 0 Å². The summed E-state index contributed by atoms with van der Waals surface area (Å²) in [5.74, 6) is -0.630. The van der Waals surface area contributed by atoms with Crippen molar-refractivity contribution in [1.82, 2.24) is 0 Å². The van der Waals surface area contributed by atoms with Crippen molar-refractivity contribution in [2.75, 3.05) is 39.6 Å². The van der Waals surface area contributed by atoms with Crippen molar-refractivity contribution in [3.8, 4) is 0 Å². The van der Waals surface area contributed by atoms with Crippen molar-refractivity contribution < 1.29 is 80.2 Å². The fourth-order valence-corrected chi connectivity index (χ4v) is 11.3. The van der Waals surface area contributed by atoms with Gasteiger partial charge in [0.1, 0.15) is 19.3 Å². The van der Waals surface area contributed by atoms with E-state index in [0.29, 0.717) is 31.6 Å². The minimum Gasteiger partial charge on any atom is -0.462 e. The maximum atomic E-state index is 13.0. The van der Waals surface area contributed by atoms with Crippen LogP contribution >= 0.6 is 15.6 Å². The van der Waals surface area contributed by atoms with Crippen molar-refractivity contribution in [2.24, 2.45) is 11.8 Å². The van der Waals surface area contributed by atoms with Gasteiger partial charge in [-0.15, -0.1) is 0 Å². The first-order valence-corrected chi connectivity index (χ1v) is 37.0. The average molecular weight is 1240 g/mol. The van der Waals surface area contributed by atoms with E-state index in [0.717, 1.165) is 115 Å². The first-order chi connectivity index (χ1) is 40.4. The van der Waals surface area contributed by atoms with E-state index >= 15 is 0 Å². The van der Waals surface area contributed by atoms with Crippen LogP contribution < -0.4 is 0 Å². The van der Waals surface area contributed by atoms with Gasteiger partial charge < -0.3 is 33.8 Å². The highest BCUT2D eigenvalue weighted by Crippen LogP contribution is 2.45. The highest BCUT2D eigenvalue weighted by atomic mass is 31.2. The van der Waals surface area contributed by atoms with E-state index in [1.165, 1.54) is 122 Å². The third kappa shape index (κ3) is 59.0. The van der Waals surface area contributed by atoms with Gasteiger partial charge in [0, 0.05) is 25.7 Å². The topological polar surface area (TPSA) is 237 Å². The molecule has 0 aliphatic heterocycles. The van der Waals surface area contributed by atoms with Crippen molar-refractivity contribution in [2.45, 2.75) is 342 Å². The summed E-state index contributed by atoms with van der Waals surface area (Å²) in [6, 6.07) is 0. The zero-order valence-corrected chi connectivity index (χ0v) is 56.0. The number of ether oxygens (including phenoxy) is 4. The summed E-state index contributed by atoms with van der Waals surface area (Å²) in [5.41, 5.74) is 0. The number of hydrogen-bond donors (Lipinski definition) is 3. The zero-order valence-electron chi connectivity index (χ0n) is 54.2. The summed E-state index contributed by atoms with van der Waals surface area (Å²) in [6.07, 6.45) is 40.5. The largest absolute Gasteiger partial charge is 0.472 e. The lowest BCUT2D eigenvalue weighted by Gasteiger charge is -2.21. The van der Waals surface area contributed by atoms with Crippen LogP contribution in [0.4, 0.5) is 0 Å². The number of esters is 4. The fraction of sp³-hybridized carbons (Fsp3) is 0.938. The number of carbonyl (C=O) groups is 4. The molecule has 3 N–H and O–H groups in total. The molecule has 498 valence electrons. The van der Waals surface area contributed by atoms with Crippen LogP contribution in [0.1, 0.15) is 324 Å². The molecule has 0 heterocycles. The van der Waals surface area contributed by atoms with Gasteiger partial charge in [-0.05, 0) is 37.5 Å². The number of aliphatic hydroxyl groups is 1. The monoisotopic (exact) mass is 1240 g/mol. The van der Waals surface area contributed by atoms with Crippen LogP contribution in [0.2, 0.25) is 0 Å². The predicted molar refractivity (Wildman–Crippen MR) is 335 cm³/mol. The zero-order chi connectivity index (χ0) is 62.2. The van der Waals surface area contributed by atoms with Crippen LogP contribution in [0.3, 0.4) is 0 Å². The second-order valence-corrected chi connectivity index (χ2v) is 27.4. The molecule has 5 atom stereocenters. The quantitative estimate of drug-likeness (QED) is 0.0222. The number of phosphoric ester groups is 2. The summed E-state index contributed by atoms with van der Waals surface area (Å²) in [5, 5.41) is 10.5. The Hall–Kier alpha value is -1.94. The predicted octanol–water partition coefficient (Wildman–Crippen LogP) is 18.0. The second kappa shape index (κ2) is 57.5. The molecule has 0 spiro atoms. The Balaban J connectivity index is 5.16. The standard InChI is InChI=1S/C65H126O17P2/c1-7-9-11-13-15-29-35-41-47-62(67)75-53-60(81-64(69)49-43-37-30-16-14-12-10-8-2)55-79-83(71,72)77-51-59(66)52-78-84(73,74)80-56-61(54-76-63(68)48-42-36-32-26-28-34-40-46-58(5)6)82-65(70)50-44-38-31-25-23-21-19-17-18-20-22-24-27-33-39-45-57(3)4/h57-61,66H,7-56H2,1-6H3,(H,71,72)(H,73,74)/t59-,60+,61+/m0/s1. The summed E-state index contributed by atoms with van der Waals surface area (Å²) in [6.45, 7) is 9.42. The molecule has 0 bridgehead atoms. The van der Waals surface area contributed by atoms with Crippen molar-refractivity contribution in [3.05, 3.63) is 0 Å². The Bertz CT molecular complexity index is 1650. The number of hydrogen-bond acceptors (Lipinski definition) is 15. The molecule has 0 rings (SSSR count).